The fraction of sp³-hybridized carbons (Fsp3) is 0. The molecule has 0 radical (unpaired) electrons. The molecule has 16 heavy (non-hydrogen) atoms. The number of hydrogen-bond donors (Lipinski definition) is 1. The highest BCUT2D eigenvalue weighted by atomic mass is 35.5. The Morgan fingerprint density at radius 3 is 2.50 bits per heavy atom. The Bertz CT molecular complexity index is 592. The molecule has 0 spiro atoms. The van der Waals surface area contributed by atoms with Crippen molar-refractivity contribution in [1.29, 1.82) is 0 Å². The van der Waals surface area contributed by atoms with Crippen molar-refractivity contribution in [3.63, 3.8) is 0 Å². The van der Waals surface area contributed by atoms with E-state index in [0.29, 0.717) is 10.0 Å². The summed E-state index contributed by atoms with van der Waals surface area (Å²) in [5.74, 6) is 0. The average Bonchev–Trinajstić information content (AvgIpc) is 2.26. The normalized spacial score (nSPS) is 10.4. The zero-order valence-electron chi connectivity index (χ0n) is 7.93. The van der Waals surface area contributed by atoms with E-state index in [4.69, 9.17) is 34.8 Å². The van der Waals surface area contributed by atoms with E-state index in [2.05, 4.69) is 4.98 Å². The van der Waals surface area contributed by atoms with Crippen LogP contribution in [-0.4, -0.2) is 4.98 Å². The van der Waals surface area contributed by atoms with Gasteiger partial charge in [0.05, 0.1) is 10.0 Å². The molecule has 0 aliphatic carbocycles. The van der Waals surface area contributed by atoms with Gasteiger partial charge in [-0.15, -0.1) is 0 Å². The molecule has 2 rings (SSSR count). The molecule has 5 heteroatoms. The standard InChI is InChI=1S/C11H6Cl3NO/c12-8-3-1-2-7(10(8)14)6-4-9(13)11(16)15-5-6/h1-5H,(H,15,16). The first kappa shape index (κ1) is 11.5. The van der Waals surface area contributed by atoms with Crippen molar-refractivity contribution in [2.75, 3.05) is 0 Å². The van der Waals surface area contributed by atoms with Crippen LogP contribution < -0.4 is 5.56 Å². The van der Waals surface area contributed by atoms with Gasteiger partial charge in [-0.3, -0.25) is 4.79 Å². The van der Waals surface area contributed by atoms with Gasteiger partial charge in [0.1, 0.15) is 5.02 Å². The Balaban J connectivity index is 2.63. The van der Waals surface area contributed by atoms with Crippen molar-refractivity contribution in [1.82, 2.24) is 4.98 Å². The zero-order valence-corrected chi connectivity index (χ0v) is 10.2. The van der Waals surface area contributed by atoms with Gasteiger partial charge in [-0.05, 0) is 12.1 Å². The van der Waals surface area contributed by atoms with Crippen LogP contribution in [0, 0.1) is 0 Å². The predicted octanol–water partition coefficient (Wildman–Crippen LogP) is 4.00. The van der Waals surface area contributed by atoms with Gasteiger partial charge in [-0.25, -0.2) is 0 Å². The molecule has 2 nitrogen and oxygen atoms in total. The third-order valence-electron chi connectivity index (χ3n) is 2.12. The summed E-state index contributed by atoms with van der Waals surface area (Å²) in [5, 5.41) is 1.02. The lowest BCUT2D eigenvalue weighted by Gasteiger charge is -2.05. The zero-order chi connectivity index (χ0) is 11.7. The average molecular weight is 275 g/mol. The van der Waals surface area contributed by atoms with E-state index in [1.807, 2.05) is 0 Å². The van der Waals surface area contributed by atoms with Gasteiger partial charge < -0.3 is 4.98 Å². The third kappa shape index (κ3) is 2.09. The SMILES string of the molecule is O=c1[nH]cc(-c2cccc(Cl)c2Cl)cc1Cl. The molecule has 1 aromatic carbocycles. The lowest BCUT2D eigenvalue weighted by Crippen LogP contribution is -2.04. The van der Waals surface area contributed by atoms with Crippen LogP contribution >= 0.6 is 34.8 Å². The van der Waals surface area contributed by atoms with E-state index in [0.717, 1.165) is 11.1 Å². The van der Waals surface area contributed by atoms with Gasteiger partial charge in [0.2, 0.25) is 0 Å². The molecule has 0 fully saturated rings. The summed E-state index contributed by atoms with van der Waals surface area (Å²) in [7, 11) is 0. The molecule has 2 aromatic rings. The van der Waals surface area contributed by atoms with Crippen LogP contribution in [0.2, 0.25) is 15.1 Å². The van der Waals surface area contributed by atoms with Crippen molar-refractivity contribution >= 4 is 34.8 Å². The van der Waals surface area contributed by atoms with Crippen molar-refractivity contribution < 1.29 is 0 Å². The summed E-state index contributed by atoms with van der Waals surface area (Å²) in [6, 6.07) is 6.83. The maximum Gasteiger partial charge on any atom is 0.266 e. The third-order valence-corrected chi connectivity index (χ3v) is 3.22. The lowest BCUT2D eigenvalue weighted by atomic mass is 10.1. The molecular formula is C11H6Cl3NO. The number of hydrogen-bond acceptors (Lipinski definition) is 1. The second-order valence-electron chi connectivity index (χ2n) is 3.17. The van der Waals surface area contributed by atoms with Crippen LogP contribution in [0.4, 0.5) is 0 Å². The summed E-state index contributed by atoms with van der Waals surface area (Å²) in [6.45, 7) is 0. The van der Waals surface area contributed by atoms with E-state index in [1.165, 1.54) is 0 Å². The maximum atomic E-state index is 11.1. The van der Waals surface area contributed by atoms with Crippen LogP contribution in [0.25, 0.3) is 11.1 Å². The molecule has 0 aliphatic heterocycles. The maximum absolute atomic E-state index is 11.1. The van der Waals surface area contributed by atoms with Crippen molar-refractivity contribution in [2.24, 2.45) is 0 Å². The molecular weight excluding hydrogens is 268 g/mol. The first-order chi connectivity index (χ1) is 7.59. The van der Waals surface area contributed by atoms with E-state index in [1.54, 1.807) is 30.5 Å². The minimum atomic E-state index is -0.330. The number of aromatic nitrogens is 1. The van der Waals surface area contributed by atoms with Gasteiger partial charge in [-0.2, -0.15) is 0 Å². The highest BCUT2D eigenvalue weighted by molar-refractivity contribution is 6.43. The summed E-state index contributed by atoms with van der Waals surface area (Å²) in [4.78, 5) is 13.6. The molecule has 0 amide bonds. The smallest absolute Gasteiger partial charge is 0.266 e. The number of rotatable bonds is 1. The van der Waals surface area contributed by atoms with E-state index >= 15 is 0 Å². The molecule has 0 aliphatic rings. The predicted molar refractivity (Wildman–Crippen MR) is 67.5 cm³/mol. The van der Waals surface area contributed by atoms with E-state index < -0.39 is 0 Å². The molecule has 0 saturated heterocycles. The Morgan fingerprint density at radius 1 is 1.06 bits per heavy atom. The topological polar surface area (TPSA) is 32.9 Å². The molecule has 82 valence electrons. The summed E-state index contributed by atoms with van der Waals surface area (Å²) in [5.41, 5.74) is 1.12. The number of halogens is 3. The Labute approximate surface area is 107 Å². The molecule has 1 heterocycles. The monoisotopic (exact) mass is 273 g/mol. The molecule has 1 N–H and O–H groups in total. The minimum absolute atomic E-state index is 0.119. The lowest BCUT2D eigenvalue weighted by molar-refractivity contribution is 1.24. The van der Waals surface area contributed by atoms with Crippen molar-refractivity contribution in [3.8, 4) is 11.1 Å². The van der Waals surface area contributed by atoms with Crippen LogP contribution in [0.5, 0.6) is 0 Å². The van der Waals surface area contributed by atoms with Crippen molar-refractivity contribution in [3.05, 3.63) is 55.9 Å². The van der Waals surface area contributed by atoms with E-state index in [-0.39, 0.29) is 10.6 Å². The van der Waals surface area contributed by atoms with Gasteiger partial charge >= 0.3 is 0 Å². The second kappa shape index (κ2) is 4.50. The minimum Gasteiger partial charge on any atom is -0.327 e. The van der Waals surface area contributed by atoms with Crippen LogP contribution in [0.1, 0.15) is 0 Å². The Hall–Kier alpha value is -0.960. The Kier molecular flexibility index (Phi) is 3.24. The van der Waals surface area contributed by atoms with Gasteiger partial charge in [0.15, 0.2) is 0 Å². The molecule has 1 aromatic heterocycles. The highest BCUT2D eigenvalue weighted by Gasteiger charge is 2.08. The van der Waals surface area contributed by atoms with Gasteiger partial charge in [0.25, 0.3) is 5.56 Å². The Morgan fingerprint density at radius 2 is 1.81 bits per heavy atom. The number of H-pyrrole nitrogens is 1. The molecule has 0 saturated carbocycles. The summed E-state index contributed by atoms with van der Waals surface area (Å²) < 4.78 is 0. The van der Waals surface area contributed by atoms with Gasteiger partial charge in [-0.1, -0.05) is 46.9 Å². The molecule has 0 bridgehead atoms. The van der Waals surface area contributed by atoms with Crippen LogP contribution in [0.3, 0.4) is 0 Å². The largest absolute Gasteiger partial charge is 0.327 e. The first-order valence-corrected chi connectivity index (χ1v) is 5.55. The second-order valence-corrected chi connectivity index (χ2v) is 4.36. The molecule has 0 unspecified atom stereocenters. The van der Waals surface area contributed by atoms with Crippen molar-refractivity contribution in [2.45, 2.75) is 0 Å². The van der Waals surface area contributed by atoms with E-state index in [9.17, 15) is 4.79 Å². The first-order valence-electron chi connectivity index (χ1n) is 4.42. The summed E-state index contributed by atoms with van der Waals surface area (Å²) >= 11 is 17.7. The number of pyridine rings is 1. The summed E-state index contributed by atoms with van der Waals surface area (Å²) in [6.07, 6.45) is 1.55. The number of nitrogens with one attached hydrogen (secondary N) is 1. The molecule has 0 atom stereocenters. The van der Waals surface area contributed by atoms with Crippen LogP contribution in [0.15, 0.2) is 35.3 Å². The fourth-order valence-corrected chi connectivity index (χ4v) is 1.92. The fourth-order valence-electron chi connectivity index (χ4n) is 1.34. The number of aromatic amines is 1. The quantitative estimate of drug-likeness (QED) is 0.837. The number of benzene rings is 1. The highest BCUT2D eigenvalue weighted by Crippen LogP contribution is 2.33. The van der Waals surface area contributed by atoms with Gasteiger partial charge in [0, 0.05) is 17.3 Å². The van der Waals surface area contributed by atoms with Crippen LogP contribution in [-0.2, 0) is 0 Å².